The molecule has 100 heavy (non-hydrogen) atoms. The average Bonchev–Trinajstić information content (AvgIpc) is 1.62. The van der Waals surface area contributed by atoms with E-state index in [2.05, 4.69) is 56.1 Å². The predicted octanol–water partition coefficient (Wildman–Crippen LogP) is 11.1. The number of hydrogen-bond donors (Lipinski definition) is 8. The van der Waals surface area contributed by atoms with E-state index in [1.807, 2.05) is 144 Å². The number of rotatable bonds is 17. The van der Waals surface area contributed by atoms with Crippen molar-refractivity contribution in [3.63, 3.8) is 0 Å². The highest BCUT2D eigenvalue weighted by molar-refractivity contribution is 6.01. The zero-order valence-electron chi connectivity index (χ0n) is 56.1. The van der Waals surface area contributed by atoms with Crippen LogP contribution < -0.4 is 33.2 Å². The quantitative estimate of drug-likeness (QED) is 0.0420. The second-order valence-corrected chi connectivity index (χ2v) is 25.8. The lowest BCUT2D eigenvalue weighted by Gasteiger charge is -2.18. The number of carbonyl (C=O) groups is 3. The van der Waals surface area contributed by atoms with Gasteiger partial charge in [-0.2, -0.15) is 20.4 Å². The van der Waals surface area contributed by atoms with Crippen LogP contribution in [0.4, 0.5) is 17.5 Å². The Hall–Kier alpha value is -11.4. The summed E-state index contributed by atoms with van der Waals surface area (Å²) < 4.78 is 5.96. The largest absolute Gasteiger partial charge is 0.394 e. The smallest absolute Gasteiger partial charge is 0.252 e. The maximum Gasteiger partial charge on any atom is 0.252 e. The fourth-order valence-electron chi connectivity index (χ4n) is 13.8. The molecule has 25 heteroatoms. The summed E-state index contributed by atoms with van der Waals surface area (Å²) in [6, 6.07) is 39.8. The molecular weight excluding hydrogens is 1260 g/mol. The normalized spacial score (nSPS) is 14.4. The van der Waals surface area contributed by atoms with Crippen molar-refractivity contribution in [1.29, 1.82) is 0 Å². The van der Waals surface area contributed by atoms with Gasteiger partial charge in [0.05, 0.1) is 65.8 Å². The van der Waals surface area contributed by atoms with Crippen LogP contribution in [0.15, 0.2) is 146 Å². The summed E-state index contributed by atoms with van der Waals surface area (Å²) in [5.74, 6) is 0.687. The molecule has 3 aliphatic rings. The topological polar surface area (TPSA) is 362 Å². The molecule has 0 spiro atoms. The Kier molecular flexibility index (Phi) is 20.2. The maximum absolute atomic E-state index is 12.7. The number of nitrogens with one attached hydrogen (secondary N) is 3. The van der Waals surface area contributed by atoms with Gasteiger partial charge in [0, 0.05) is 34.4 Å². The molecule has 3 fully saturated rings. The summed E-state index contributed by atoms with van der Waals surface area (Å²) in [4.78, 5) is 63.8. The molecule has 7 aromatic heterocycles. The Bertz CT molecular complexity index is 4940. The Morgan fingerprint density at radius 2 is 0.890 bits per heavy atom. The highest BCUT2D eigenvalue weighted by Gasteiger charge is 2.29. The first-order valence-electron chi connectivity index (χ1n) is 34.0. The van der Waals surface area contributed by atoms with Crippen molar-refractivity contribution in [2.24, 2.45) is 0 Å². The number of amides is 3. The molecule has 1 unspecified atom stereocenters. The van der Waals surface area contributed by atoms with Gasteiger partial charge in [0.25, 0.3) is 17.7 Å². The number of nitrogen functional groups attached to an aromatic ring is 3. The molecule has 3 amide bonds. The van der Waals surface area contributed by atoms with Crippen LogP contribution in [0.1, 0.15) is 171 Å². The lowest BCUT2D eigenvalue weighted by molar-refractivity contribution is 0.0913. The Balaban J connectivity index is 0.000000134. The van der Waals surface area contributed by atoms with E-state index >= 15 is 0 Å². The second-order valence-electron chi connectivity index (χ2n) is 25.8. The van der Waals surface area contributed by atoms with E-state index in [0.29, 0.717) is 87.0 Å². The fraction of sp³-hybridized carbons (Fsp3) is 0.307. The fourth-order valence-corrected chi connectivity index (χ4v) is 13.8. The summed E-state index contributed by atoms with van der Waals surface area (Å²) in [6.45, 7) is 5.94. The highest BCUT2D eigenvalue weighted by Crippen LogP contribution is 2.40. The first-order valence-corrected chi connectivity index (χ1v) is 34.0. The van der Waals surface area contributed by atoms with Gasteiger partial charge >= 0.3 is 0 Å². The molecule has 7 heterocycles. The number of hydrogen-bond acceptors (Lipinski definition) is 19. The van der Waals surface area contributed by atoms with Crippen molar-refractivity contribution < 1.29 is 24.6 Å². The third-order valence-corrected chi connectivity index (χ3v) is 19.3. The van der Waals surface area contributed by atoms with Gasteiger partial charge in [0.2, 0.25) is 0 Å². The van der Waals surface area contributed by atoms with E-state index in [1.165, 1.54) is 57.5 Å². The summed E-state index contributed by atoms with van der Waals surface area (Å²) in [7, 11) is 0. The molecule has 0 bridgehead atoms. The number of aryl methyl sites for hydroxylation is 3. The monoisotopic (exact) mass is 1340 g/mol. The number of aromatic nitrogens is 14. The van der Waals surface area contributed by atoms with Crippen LogP contribution in [-0.2, 0) is 19.7 Å². The van der Waals surface area contributed by atoms with Gasteiger partial charge < -0.3 is 43.4 Å². The minimum absolute atomic E-state index is 0.139. The average molecular weight is 1340 g/mol. The standard InChI is InChI=1S/2C26H28N6O2.C23H24N8O/c1-16-6-2-5-9-20(16)26(34)30-21(14-33)17-10-12-18(13-11-17)23-22-24(27)28-15-29-25(22)32(31-23)19-7-3-4-8-19;1-16-6-2-5-9-21(16)26(34)28-13-18-11-10-17(12-19(18)14-33)23-22-24(27)29-15-30-25(22)32(31-23)20-7-3-4-8-20;1-14-6-2-5-9-17(14)23(32)25-12-15-10-11-18(29-28-15)20-19-21(24)26-13-27-22(19)31(30-20)16-7-3-4-8-16/h2,5-6,9-13,15,19,21,33H,3-4,7-8,14H2,1H3,(H,30,34)(H2,27,28,29);2,5-6,9-12,15,20,33H,3-4,7-8,13-14H2,1H3,(H,28,34)(H2,27,29,30);2,5-6,9-11,13,16H,3-4,7-8,12H2,1H3,(H,25,32)(H2,24,26,27). The number of aliphatic hydroxyl groups excluding tert-OH is 2. The van der Waals surface area contributed by atoms with Gasteiger partial charge in [0.15, 0.2) is 16.9 Å². The van der Waals surface area contributed by atoms with E-state index in [0.717, 1.165) is 116 Å². The molecule has 510 valence electrons. The predicted molar refractivity (Wildman–Crippen MR) is 383 cm³/mol. The van der Waals surface area contributed by atoms with Crippen molar-refractivity contribution in [3.8, 4) is 33.9 Å². The van der Waals surface area contributed by atoms with Gasteiger partial charge in [-0.1, -0.05) is 130 Å². The van der Waals surface area contributed by atoms with Gasteiger partial charge in [-0.15, -0.1) is 5.10 Å². The Morgan fingerprint density at radius 1 is 0.470 bits per heavy atom. The Morgan fingerprint density at radius 3 is 1.33 bits per heavy atom. The first kappa shape index (κ1) is 67.1. The van der Waals surface area contributed by atoms with Crippen LogP contribution in [0.5, 0.6) is 0 Å². The summed E-state index contributed by atoms with van der Waals surface area (Å²) in [6.07, 6.45) is 18.0. The van der Waals surface area contributed by atoms with Crippen LogP contribution >= 0.6 is 0 Å². The van der Waals surface area contributed by atoms with Crippen LogP contribution in [0.25, 0.3) is 67.0 Å². The van der Waals surface area contributed by atoms with Gasteiger partial charge in [-0.3, -0.25) is 14.4 Å². The lowest BCUT2D eigenvalue weighted by Crippen LogP contribution is -2.31. The maximum atomic E-state index is 12.7. The lowest BCUT2D eigenvalue weighted by atomic mass is 10.0. The van der Waals surface area contributed by atoms with Crippen molar-refractivity contribution >= 4 is 68.3 Å². The molecular formula is C75H80N20O5. The van der Waals surface area contributed by atoms with Crippen molar-refractivity contribution in [3.05, 3.63) is 202 Å². The number of anilines is 3. The van der Waals surface area contributed by atoms with E-state index in [4.69, 9.17) is 32.5 Å². The van der Waals surface area contributed by atoms with E-state index in [9.17, 15) is 24.6 Å². The third kappa shape index (κ3) is 14.2. The first-order chi connectivity index (χ1) is 48.7. The number of aliphatic hydroxyl groups is 2. The molecule has 3 saturated carbocycles. The van der Waals surface area contributed by atoms with Crippen molar-refractivity contribution in [2.75, 3.05) is 23.8 Å². The summed E-state index contributed by atoms with van der Waals surface area (Å²) in [5, 5.41) is 54.3. The molecule has 0 aliphatic heterocycles. The van der Waals surface area contributed by atoms with Crippen LogP contribution in [0.3, 0.4) is 0 Å². The number of fused-ring (bicyclic) bond motifs is 3. The number of benzene rings is 5. The molecule has 12 aromatic rings. The van der Waals surface area contributed by atoms with Crippen LogP contribution in [0.2, 0.25) is 0 Å². The highest BCUT2D eigenvalue weighted by atomic mass is 16.3. The summed E-state index contributed by atoms with van der Waals surface area (Å²) >= 11 is 0. The molecule has 0 radical (unpaired) electrons. The number of carbonyl (C=O) groups excluding carboxylic acids is 3. The summed E-state index contributed by atoms with van der Waals surface area (Å²) in [5.41, 5.74) is 33.0. The van der Waals surface area contributed by atoms with Crippen LogP contribution in [-0.4, -0.2) is 104 Å². The van der Waals surface area contributed by atoms with E-state index in [-0.39, 0.29) is 37.5 Å². The zero-order valence-corrected chi connectivity index (χ0v) is 56.1. The van der Waals surface area contributed by atoms with Gasteiger partial charge in [-0.05, 0) is 129 Å². The molecule has 3 aliphatic carbocycles. The van der Waals surface area contributed by atoms with E-state index in [1.54, 1.807) is 18.2 Å². The molecule has 11 N–H and O–H groups in total. The molecule has 5 aromatic carbocycles. The van der Waals surface area contributed by atoms with Crippen LogP contribution in [0, 0.1) is 20.8 Å². The van der Waals surface area contributed by atoms with Gasteiger partial charge in [0.1, 0.15) is 59.2 Å². The molecule has 0 saturated heterocycles. The third-order valence-electron chi connectivity index (χ3n) is 19.3. The van der Waals surface area contributed by atoms with Crippen molar-refractivity contribution in [2.45, 2.75) is 142 Å². The molecule has 1 atom stereocenters. The minimum Gasteiger partial charge on any atom is -0.394 e. The molecule has 15 rings (SSSR count). The molecule has 25 nitrogen and oxygen atoms in total. The number of nitrogens with zero attached hydrogens (tertiary/aromatic N) is 14. The SMILES string of the molecule is Cc1ccccc1C(=O)NC(CO)c1ccc(-c2nn(C3CCCC3)c3ncnc(N)c23)cc1.Cc1ccccc1C(=O)NCc1ccc(-c2nn(C3CCCC3)c3ncnc(N)c23)cc1CO.Cc1ccccc1C(=O)NCc1ccc(-c2nn(C3CCCC3)c3ncnc(N)c23)nn1. The van der Waals surface area contributed by atoms with E-state index < -0.39 is 6.04 Å². The van der Waals surface area contributed by atoms with Gasteiger partial charge in [-0.25, -0.2) is 43.9 Å². The zero-order chi connectivity index (χ0) is 69.4. The van der Waals surface area contributed by atoms with Crippen molar-refractivity contribution in [1.82, 2.24) is 85.4 Å². The Labute approximate surface area is 577 Å². The second kappa shape index (κ2) is 30.1. The number of nitrogens with two attached hydrogens (primary N) is 3. The minimum atomic E-state index is -0.526.